The van der Waals surface area contributed by atoms with Gasteiger partial charge >= 0.3 is 0 Å². The first-order valence-electron chi connectivity index (χ1n) is 7.66. The molecular weight excluding hydrogens is 345 g/mol. The summed E-state index contributed by atoms with van der Waals surface area (Å²) in [7, 11) is -2.44. The highest BCUT2D eigenvalue weighted by Crippen LogP contribution is 2.31. The van der Waals surface area contributed by atoms with Crippen LogP contribution in [0.4, 0.5) is 10.2 Å². The Morgan fingerprint density at radius 3 is 2.72 bits per heavy atom. The fourth-order valence-electron chi connectivity index (χ4n) is 2.68. The lowest BCUT2D eigenvalue weighted by atomic mass is 10.2. The van der Waals surface area contributed by atoms with Crippen LogP contribution >= 0.6 is 0 Å². The van der Waals surface area contributed by atoms with E-state index < -0.39 is 15.7 Å². The summed E-state index contributed by atoms with van der Waals surface area (Å²) in [6.45, 7) is 2.16. The molecule has 0 fully saturated rings. The van der Waals surface area contributed by atoms with Gasteiger partial charge in [0.25, 0.3) is 0 Å². The summed E-state index contributed by atoms with van der Waals surface area (Å²) in [4.78, 5) is 4.12. The summed E-state index contributed by atoms with van der Waals surface area (Å²) in [5.41, 5.74) is 7.23. The van der Waals surface area contributed by atoms with Crippen LogP contribution in [0.3, 0.4) is 0 Å². The predicted octanol–water partition coefficient (Wildman–Crippen LogP) is 1.55. The van der Waals surface area contributed by atoms with E-state index in [0.717, 1.165) is 11.8 Å². The van der Waals surface area contributed by atoms with Crippen LogP contribution in [0.1, 0.15) is 11.4 Å². The Balaban J connectivity index is 2.35. The number of anilines is 1. The molecule has 25 heavy (non-hydrogen) atoms. The lowest BCUT2D eigenvalue weighted by Gasteiger charge is -2.07. The first-order chi connectivity index (χ1) is 11.9. The van der Waals surface area contributed by atoms with E-state index in [1.54, 1.807) is 14.0 Å². The minimum atomic E-state index is -4.02. The molecule has 0 aliphatic carbocycles. The molecule has 0 radical (unpaired) electrons. The van der Waals surface area contributed by atoms with Gasteiger partial charge in [-0.15, -0.1) is 5.10 Å². The van der Waals surface area contributed by atoms with Crippen LogP contribution in [-0.2, 0) is 16.3 Å². The molecule has 3 aromatic rings. The summed E-state index contributed by atoms with van der Waals surface area (Å²) in [6, 6.07) is 6.68. The Labute approximate surface area is 144 Å². The normalized spacial score (nSPS) is 11.8. The quantitative estimate of drug-likeness (QED) is 0.713. The molecule has 7 nitrogen and oxygen atoms in total. The minimum Gasteiger partial charge on any atom is -0.370 e. The van der Waals surface area contributed by atoms with E-state index in [1.807, 2.05) is 6.07 Å². The number of nitrogens with one attached hydrogen (secondary N) is 1. The molecule has 0 amide bonds. The lowest BCUT2D eigenvalue weighted by molar-refractivity contribution is 0.591. The number of hydrogen-bond acceptors (Lipinski definition) is 6. The molecule has 1 aromatic carbocycles. The molecular formula is C16H18FN5O2S. The first kappa shape index (κ1) is 17.3. The molecule has 2 heterocycles. The summed E-state index contributed by atoms with van der Waals surface area (Å²) in [5, 5.41) is 7.11. The average molecular weight is 363 g/mol. The molecule has 132 valence electrons. The number of nitrogens with zero attached hydrogens (tertiary/aromatic N) is 3. The minimum absolute atomic E-state index is 0.0810. The third-order valence-electron chi connectivity index (χ3n) is 3.76. The molecule has 0 unspecified atom stereocenters. The Kier molecular flexibility index (Phi) is 4.44. The Morgan fingerprint density at radius 2 is 2.08 bits per heavy atom. The van der Waals surface area contributed by atoms with Crippen molar-refractivity contribution in [2.24, 2.45) is 5.73 Å². The lowest BCUT2D eigenvalue weighted by Crippen LogP contribution is -2.10. The molecule has 0 saturated heterocycles. The summed E-state index contributed by atoms with van der Waals surface area (Å²) < 4.78 is 41.2. The predicted molar refractivity (Wildman–Crippen MR) is 91.9 cm³/mol. The average Bonchev–Trinajstić information content (AvgIpc) is 2.94. The molecule has 0 aliphatic heterocycles. The summed E-state index contributed by atoms with van der Waals surface area (Å²) in [5.74, 6) is -0.475. The van der Waals surface area contributed by atoms with Crippen molar-refractivity contribution in [2.45, 2.75) is 23.1 Å². The van der Waals surface area contributed by atoms with Gasteiger partial charge in [-0.1, -0.05) is 6.07 Å². The third kappa shape index (κ3) is 2.96. The second-order valence-corrected chi connectivity index (χ2v) is 7.44. The van der Waals surface area contributed by atoms with E-state index in [0.29, 0.717) is 18.7 Å². The van der Waals surface area contributed by atoms with Crippen LogP contribution in [0.15, 0.2) is 40.1 Å². The fourth-order valence-corrected chi connectivity index (χ4v) is 4.21. The van der Waals surface area contributed by atoms with Crippen molar-refractivity contribution in [1.82, 2.24) is 14.6 Å². The van der Waals surface area contributed by atoms with E-state index in [4.69, 9.17) is 5.73 Å². The van der Waals surface area contributed by atoms with Crippen LogP contribution in [0, 0.1) is 12.7 Å². The van der Waals surface area contributed by atoms with Crippen molar-refractivity contribution < 1.29 is 12.8 Å². The Hall–Kier alpha value is -2.52. The van der Waals surface area contributed by atoms with E-state index in [1.165, 1.54) is 22.7 Å². The molecule has 0 aliphatic rings. The van der Waals surface area contributed by atoms with Gasteiger partial charge in [0, 0.05) is 24.9 Å². The molecule has 3 N–H and O–H groups in total. The van der Waals surface area contributed by atoms with Gasteiger partial charge in [-0.3, -0.25) is 0 Å². The zero-order valence-electron chi connectivity index (χ0n) is 13.8. The number of aryl methyl sites for hydroxylation is 1. The van der Waals surface area contributed by atoms with Gasteiger partial charge in [-0.2, -0.15) is 0 Å². The van der Waals surface area contributed by atoms with Crippen molar-refractivity contribution in [3.05, 3.63) is 47.5 Å². The largest absolute Gasteiger partial charge is 0.370 e. The maximum Gasteiger partial charge on any atom is 0.214 e. The molecule has 2 aromatic heterocycles. The van der Waals surface area contributed by atoms with Gasteiger partial charge < -0.3 is 11.1 Å². The number of rotatable bonds is 5. The fraction of sp³-hybridized carbons (Fsp3) is 0.250. The molecule has 0 bridgehead atoms. The number of halogens is 1. The first-order valence-corrected chi connectivity index (χ1v) is 9.14. The number of hydrogen-bond donors (Lipinski definition) is 2. The summed E-state index contributed by atoms with van der Waals surface area (Å²) >= 11 is 0. The van der Waals surface area contributed by atoms with E-state index >= 15 is 0 Å². The smallest absolute Gasteiger partial charge is 0.214 e. The van der Waals surface area contributed by atoms with Gasteiger partial charge in [-0.25, -0.2) is 22.3 Å². The van der Waals surface area contributed by atoms with Gasteiger partial charge in [0.2, 0.25) is 9.84 Å². The monoisotopic (exact) mass is 363 g/mol. The van der Waals surface area contributed by atoms with Gasteiger partial charge in [0.1, 0.15) is 5.82 Å². The highest BCUT2D eigenvalue weighted by atomic mass is 32.2. The SMILES string of the molecule is CNc1nn2c(CCN)cc(C)nc2c1S(=O)(=O)c1cccc(F)c1. The second-order valence-electron chi connectivity index (χ2n) is 5.55. The number of sulfone groups is 1. The number of fused-ring (bicyclic) bond motifs is 1. The van der Waals surface area contributed by atoms with Crippen molar-refractivity contribution in [2.75, 3.05) is 18.9 Å². The molecule has 0 spiro atoms. The van der Waals surface area contributed by atoms with Crippen molar-refractivity contribution in [3.8, 4) is 0 Å². The summed E-state index contributed by atoms with van der Waals surface area (Å²) in [6.07, 6.45) is 0.518. The number of aromatic nitrogens is 3. The van der Waals surface area contributed by atoms with Gasteiger partial charge in [0.05, 0.1) is 4.90 Å². The van der Waals surface area contributed by atoms with Gasteiger partial charge in [0.15, 0.2) is 16.4 Å². The zero-order valence-corrected chi connectivity index (χ0v) is 14.6. The maximum atomic E-state index is 13.5. The standard InChI is InChI=1S/C16H18FN5O2S/c1-10-8-12(6-7-18)22-16(20-10)14(15(19-2)21-22)25(23,24)13-5-3-4-11(17)9-13/h3-5,8-9H,6-7,18H2,1-2H3,(H,19,21). The Bertz CT molecular complexity index is 1050. The van der Waals surface area contributed by atoms with E-state index in [9.17, 15) is 12.8 Å². The topological polar surface area (TPSA) is 102 Å². The highest BCUT2D eigenvalue weighted by molar-refractivity contribution is 7.91. The molecule has 0 atom stereocenters. The molecule has 9 heteroatoms. The molecule has 0 saturated carbocycles. The number of benzene rings is 1. The van der Waals surface area contributed by atoms with Gasteiger partial charge in [-0.05, 0) is 37.7 Å². The zero-order chi connectivity index (χ0) is 18.2. The van der Waals surface area contributed by atoms with Crippen LogP contribution in [0.2, 0.25) is 0 Å². The van der Waals surface area contributed by atoms with Crippen LogP contribution in [-0.4, -0.2) is 36.6 Å². The van der Waals surface area contributed by atoms with E-state index in [-0.39, 0.29) is 21.3 Å². The third-order valence-corrected chi connectivity index (χ3v) is 5.55. The highest BCUT2D eigenvalue weighted by Gasteiger charge is 2.29. The van der Waals surface area contributed by atoms with Crippen molar-refractivity contribution in [1.29, 1.82) is 0 Å². The number of nitrogens with two attached hydrogens (primary N) is 1. The van der Waals surface area contributed by atoms with Crippen LogP contribution < -0.4 is 11.1 Å². The second kappa shape index (κ2) is 6.41. The van der Waals surface area contributed by atoms with Crippen molar-refractivity contribution in [3.63, 3.8) is 0 Å². The van der Waals surface area contributed by atoms with Crippen LogP contribution in [0.25, 0.3) is 5.65 Å². The van der Waals surface area contributed by atoms with Crippen LogP contribution in [0.5, 0.6) is 0 Å². The van der Waals surface area contributed by atoms with Crippen molar-refractivity contribution >= 4 is 21.3 Å². The molecule has 3 rings (SSSR count). The maximum absolute atomic E-state index is 13.5. The Morgan fingerprint density at radius 1 is 1.32 bits per heavy atom. The van der Waals surface area contributed by atoms with E-state index in [2.05, 4.69) is 15.4 Å².